The van der Waals surface area contributed by atoms with Crippen LogP contribution in [0.15, 0.2) is 18.2 Å². The van der Waals surface area contributed by atoms with Gasteiger partial charge in [0.1, 0.15) is 5.75 Å². The normalized spacial score (nSPS) is 27.2. The van der Waals surface area contributed by atoms with Gasteiger partial charge in [0.15, 0.2) is 0 Å². The Morgan fingerprint density at radius 3 is 2.55 bits per heavy atom. The number of hydrogen-bond acceptors (Lipinski definition) is 3. The van der Waals surface area contributed by atoms with Gasteiger partial charge < -0.3 is 14.0 Å². The van der Waals surface area contributed by atoms with Gasteiger partial charge in [0.05, 0.1) is 18.3 Å². The molecule has 1 unspecified atom stereocenters. The van der Waals surface area contributed by atoms with E-state index < -0.39 is 0 Å². The van der Waals surface area contributed by atoms with Crippen LogP contribution in [0.2, 0.25) is 0 Å². The fourth-order valence-electron chi connectivity index (χ4n) is 3.35. The lowest BCUT2D eigenvalue weighted by molar-refractivity contribution is -0.0159. The number of rotatable bonds is 5. The number of benzene rings is 1. The maximum absolute atomic E-state index is 6.35. The van der Waals surface area contributed by atoms with Gasteiger partial charge in [0, 0.05) is 5.46 Å². The molecule has 120 valence electrons. The van der Waals surface area contributed by atoms with E-state index in [1.54, 1.807) is 7.11 Å². The van der Waals surface area contributed by atoms with Crippen molar-refractivity contribution in [1.29, 1.82) is 0 Å². The van der Waals surface area contributed by atoms with Crippen molar-refractivity contribution in [3.63, 3.8) is 0 Å². The second-order valence-electron chi connectivity index (χ2n) is 7.33. The van der Waals surface area contributed by atoms with Crippen LogP contribution in [0.3, 0.4) is 0 Å². The molecule has 1 saturated carbocycles. The minimum atomic E-state index is -0.352. The first-order valence-corrected chi connectivity index (χ1v) is 8.43. The molecule has 3 rings (SSSR count). The van der Waals surface area contributed by atoms with E-state index in [9.17, 15) is 0 Å². The van der Waals surface area contributed by atoms with Gasteiger partial charge in [-0.2, -0.15) is 0 Å². The van der Waals surface area contributed by atoms with Gasteiger partial charge in [-0.05, 0) is 57.6 Å². The molecule has 1 saturated heterocycles. The van der Waals surface area contributed by atoms with Crippen LogP contribution in [0.4, 0.5) is 0 Å². The number of methoxy groups -OCH3 is 1. The minimum absolute atomic E-state index is 0.271. The molecule has 22 heavy (non-hydrogen) atoms. The van der Waals surface area contributed by atoms with E-state index in [1.807, 2.05) is 0 Å². The molecule has 2 fully saturated rings. The average molecular weight is 302 g/mol. The molecule has 1 aliphatic carbocycles. The molecular weight excluding hydrogens is 275 g/mol. The van der Waals surface area contributed by atoms with Crippen LogP contribution in [0.5, 0.6) is 5.75 Å². The van der Waals surface area contributed by atoms with Crippen molar-refractivity contribution in [2.24, 2.45) is 0 Å². The lowest BCUT2D eigenvalue weighted by atomic mass is 9.77. The lowest BCUT2D eigenvalue weighted by Crippen LogP contribution is -2.44. The predicted molar refractivity (Wildman–Crippen MR) is 89.9 cm³/mol. The zero-order valence-corrected chi connectivity index (χ0v) is 14.4. The molecule has 0 bridgehead atoms. The first-order valence-electron chi connectivity index (χ1n) is 8.43. The summed E-state index contributed by atoms with van der Waals surface area (Å²) in [4.78, 5) is 0. The Morgan fingerprint density at radius 2 is 1.95 bits per heavy atom. The summed E-state index contributed by atoms with van der Waals surface area (Å²) in [5, 5.41) is 0. The molecule has 0 amide bonds. The first kappa shape index (κ1) is 15.9. The van der Waals surface area contributed by atoms with E-state index in [1.165, 1.54) is 18.4 Å². The van der Waals surface area contributed by atoms with E-state index >= 15 is 0 Å². The van der Waals surface area contributed by atoms with Crippen LogP contribution < -0.4 is 10.2 Å². The zero-order valence-electron chi connectivity index (χ0n) is 14.4. The molecule has 1 aliphatic heterocycles. The summed E-state index contributed by atoms with van der Waals surface area (Å²) in [5.41, 5.74) is 1.79. The van der Waals surface area contributed by atoms with E-state index in [0.717, 1.165) is 30.0 Å². The van der Waals surface area contributed by atoms with Crippen molar-refractivity contribution < 1.29 is 14.0 Å². The summed E-state index contributed by atoms with van der Waals surface area (Å²) in [6.07, 6.45) is 4.65. The van der Waals surface area contributed by atoms with Crippen molar-refractivity contribution >= 4 is 12.6 Å². The highest BCUT2D eigenvalue weighted by atomic mass is 16.7. The maximum Gasteiger partial charge on any atom is 0.498 e. The molecule has 0 spiro atoms. The highest BCUT2D eigenvalue weighted by Gasteiger charge is 2.54. The van der Waals surface area contributed by atoms with Crippen molar-refractivity contribution in [3.8, 4) is 5.75 Å². The van der Waals surface area contributed by atoms with Crippen molar-refractivity contribution in [2.75, 3.05) is 7.11 Å². The second kappa shape index (κ2) is 5.57. The quantitative estimate of drug-likeness (QED) is 0.777. The van der Waals surface area contributed by atoms with Crippen LogP contribution in [0, 0.1) is 0 Å². The molecule has 1 aromatic rings. The topological polar surface area (TPSA) is 27.7 Å². The van der Waals surface area contributed by atoms with Crippen LogP contribution in [0.25, 0.3) is 0 Å². The minimum Gasteiger partial charge on any atom is -0.497 e. The summed E-state index contributed by atoms with van der Waals surface area (Å²) in [5.74, 6) is 1.60. The van der Waals surface area contributed by atoms with Gasteiger partial charge in [-0.3, -0.25) is 0 Å². The maximum atomic E-state index is 6.35. The van der Waals surface area contributed by atoms with Crippen LogP contribution in [0.1, 0.15) is 64.9 Å². The van der Waals surface area contributed by atoms with Gasteiger partial charge in [-0.1, -0.05) is 25.5 Å². The third-order valence-electron chi connectivity index (χ3n) is 5.33. The molecule has 0 N–H and O–H groups in total. The Labute approximate surface area is 134 Å². The molecule has 4 heteroatoms. The second-order valence-corrected chi connectivity index (χ2v) is 7.33. The van der Waals surface area contributed by atoms with Crippen molar-refractivity contribution in [2.45, 2.75) is 70.5 Å². The van der Waals surface area contributed by atoms with E-state index in [-0.39, 0.29) is 18.3 Å². The summed E-state index contributed by atoms with van der Waals surface area (Å²) in [6, 6.07) is 6.47. The Morgan fingerprint density at radius 1 is 1.23 bits per heavy atom. The van der Waals surface area contributed by atoms with Crippen molar-refractivity contribution in [3.05, 3.63) is 23.8 Å². The van der Waals surface area contributed by atoms with Crippen molar-refractivity contribution in [1.82, 2.24) is 0 Å². The monoisotopic (exact) mass is 302 g/mol. The standard InChI is InChI=1S/C18H27BO3/c1-6-11-18(4)17(2,3)21-19(22-18)15-10-9-14(13-7-8-13)12-16(15)20-5/h9-10,12-13H,6-8,11H2,1-5H3. The van der Waals surface area contributed by atoms with E-state index in [0.29, 0.717) is 0 Å². The lowest BCUT2D eigenvalue weighted by Gasteiger charge is -2.36. The molecule has 3 nitrogen and oxygen atoms in total. The molecular formula is C18H27BO3. The summed E-state index contributed by atoms with van der Waals surface area (Å²) in [7, 11) is 1.37. The molecule has 2 aliphatic rings. The Kier molecular flexibility index (Phi) is 4.02. The largest absolute Gasteiger partial charge is 0.498 e. The Bertz CT molecular complexity index is 553. The van der Waals surface area contributed by atoms with Crippen LogP contribution in [-0.4, -0.2) is 25.4 Å². The highest BCUT2D eigenvalue weighted by Crippen LogP contribution is 2.43. The third-order valence-corrected chi connectivity index (χ3v) is 5.33. The van der Waals surface area contributed by atoms with Crippen LogP contribution in [-0.2, 0) is 9.31 Å². The SMILES string of the molecule is CCCC1(C)OB(c2ccc(C3CC3)cc2OC)OC1(C)C. The smallest absolute Gasteiger partial charge is 0.497 e. The van der Waals surface area contributed by atoms with Gasteiger partial charge in [-0.15, -0.1) is 0 Å². The molecule has 0 aromatic heterocycles. The predicted octanol–water partition coefficient (Wildman–Crippen LogP) is 3.65. The van der Waals surface area contributed by atoms with Gasteiger partial charge in [0.25, 0.3) is 0 Å². The molecule has 1 atom stereocenters. The Hall–Kier alpha value is -0.995. The first-order chi connectivity index (χ1) is 10.4. The average Bonchev–Trinajstić information content (AvgIpc) is 3.27. The fraction of sp³-hybridized carbons (Fsp3) is 0.667. The number of ether oxygens (including phenoxy) is 1. The van der Waals surface area contributed by atoms with E-state index in [4.69, 9.17) is 14.0 Å². The van der Waals surface area contributed by atoms with Gasteiger partial charge in [0.2, 0.25) is 0 Å². The molecule has 1 aromatic carbocycles. The van der Waals surface area contributed by atoms with Gasteiger partial charge in [-0.25, -0.2) is 0 Å². The Balaban J connectivity index is 1.88. The van der Waals surface area contributed by atoms with Crippen LogP contribution >= 0.6 is 0 Å². The summed E-state index contributed by atoms with van der Waals surface area (Å²) in [6.45, 7) is 8.58. The fourth-order valence-corrected chi connectivity index (χ4v) is 3.35. The highest BCUT2D eigenvalue weighted by molar-refractivity contribution is 6.63. The van der Waals surface area contributed by atoms with Gasteiger partial charge >= 0.3 is 7.12 Å². The molecule has 1 heterocycles. The zero-order chi connectivity index (χ0) is 16.0. The third kappa shape index (κ3) is 2.67. The molecule has 0 radical (unpaired) electrons. The summed E-state index contributed by atoms with van der Waals surface area (Å²) >= 11 is 0. The van der Waals surface area contributed by atoms with E-state index in [2.05, 4.69) is 45.9 Å². The number of hydrogen-bond donors (Lipinski definition) is 0. The summed E-state index contributed by atoms with van der Waals surface area (Å²) < 4.78 is 18.2.